The first kappa shape index (κ1) is 13.2. The maximum Gasteiger partial charge on any atom is 0.101 e. The summed E-state index contributed by atoms with van der Waals surface area (Å²) < 4.78 is 5.65. The number of nitrogens with zero attached hydrogens (tertiary/aromatic N) is 1. The van der Waals surface area contributed by atoms with E-state index in [4.69, 9.17) is 21.6 Å². The maximum atomic E-state index is 8.95. The van der Waals surface area contributed by atoms with E-state index in [-0.39, 0.29) is 0 Å². The van der Waals surface area contributed by atoms with E-state index < -0.39 is 0 Å². The quantitative estimate of drug-likeness (QED) is 0.908. The molecule has 1 aliphatic rings. The van der Waals surface area contributed by atoms with Gasteiger partial charge in [-0.25, -0.2) is 0 Å². The lowest BCUT2D eigenvalue weighted by Crippen LogP contribution is -2.33. The molecule has 1 heterocycles. The Hall–Kier alpha value is -1.24. The Morgan fingerprint density at radius 2 is 2.39 bits per heavy atom. The third-order valence-electron chi connectivity index (χ3n) is 3.28. The van der Waals surface area contributed by atoms with Gasteiger partial charge in [0.15, 0.2) is 0 Å². The second kappa shape index (κ2) is 6.08. The monoisotopic (exact) mass is 264 g/mol. The number of nitrogens with one attached hydrogen (secondary N) is 1. The molecule has 3 nitrogen and oxygen atoms in total. The summed E-state index contributed by atoms with van der Waals surface area (Å²) in [4.78, 5) is 0. The lowest BCUT2D eigenvalue weighted by Gasteiger charge is -2.30. The number of hydrogen-bond donors (Lipinski definition) is 1. The first-order valence-corrected chi connectivity index (χ1v) is 6.68. The van der Waals surface area contributed by atoms with Gasteiger partial charge in [0.05, 0.1) is 16.7 Å². The Morgan fingerprint density at radius 3 is 3.11 bits per heavy atom. The summed E-state index contributed by atoms with van der Waals surface area (Å²) in [6.07, 6.45) is 3.41. The molecule has 0 amide bonds. The van der Waals surface area contributed by atoms with Crippen molar-refractivity contribution in [2.24, 2.45) is 0 Å². The number of anilines is 1. The van der Waals surface area contributed by atoms with Gasteiger partial charge in [0, 0.05) is 18.3 Å². The number of hydrogen-bond acceptors (Lipinski definition) is 3. The number of halogens is 1. The van der Waals surface area contributed by atoms with Crippen molar-refractivity contribution in [1.82, 2.24) is 0 Å². The van der Waals surface area contributed by atoms with Gasteiger partial charge >= 0.3 is 0 Å². The third-order valence-corrected chi connectivity index (χ3v) is 3.61. The highest BCUT2D eigenvalue weighted by Gasteiger charge is 2.21. The molecule has 96 valence electrons. The molecule has 0 radical (unpaired) electrons. The number of rotatable bonds is 3. The molecule has 18 heavy (non-hydrogen) atoms. The molecule has 1 aromatic rings. The van der Waals surface area contributed by atoms with Crippen molar-refractivity contribution in [1.29, 1.82) is 5.26 Å². The smallest absolute Gasteiger partial charge is 0.101 e. The van der Waals surface area contributed by atoms with E-state index in [1.165, 1.54) is 0 Å². The second-order valence-corrected chi connectivity index (χ2v) is 4.98. The molecule has 1 aliphatic heterocycles. The van der Waals surface area contributed by atoms with Gasteiger partial charge in [-0.05, 0) is 37.5 Å². The highest BCUT2D eigenvalue weighted by Crippen LogP contribution is 2.23. The van der Waals surface area contributed by atoms with Gasteiger partial charge in [0.1, 0.15) is 6.07 Å². The van der Waals surface area contributed by atoms with Crippen LogP contribution in [0.1, 0.15) is 31.7 Å². The molecule has 0 saturated carbocycles. The van der Waals surface area contributed by atoms with Crippen LogP contribution in [-0.2, 0) is 4.74 Å². The summed E-state index contributed by atoms with van der Waals surface area (Å²) in [6, 6.07) is 7.99. The summed E-state index contributed by atoms with van der Waals surface area (Å²) in [5.74, 6) is 0. The molecule has 1 aromatic carbocycles. The van der Waals surface area contributed by atoms with Crippen LogP contribution in [0.2, 0.25) is 5.02 Å². The summed E-state index contributed by atoms with van der Waals surface area (Å²) in [6.45, 7) is 2.94. The summed E-state index contributed by atoms with van der Waals surface area (Å²) in [5, 5.41) is 12.9. The highest BCUT2D eigenvalue weighted by molar-refractivity contribution is 6.31. The van der Waals surface area contributed by atoms with Gasteiger partial charge in [-0.3, -0.25) is 0 Å². The van der Waals surface area contributed by atoms with Gasteiger partial charge in [0.25, 0.3) is 0 Å². The van der Waals surface area contributed by atoms with Crippen LogP contribution < -0.4 is 5.32 Å². The minimum atomic E-state index is 0.346. The molecule has 0 spiro atoms. The zero-order valence-electron chi connectivity index (χ0n) is 10.4. The van der Waals surface area contributed by atoms with E-state index in [0.29, 0.717) is 22.7 Å². The molecule has 1 saturated heterocycles. The summed E-state index contributed by atoms with van der Waals surface area (Å²) in [7, 11) is 0. The molecule has 1 fully saturated rings. The lowest BCUT2D eigenvalue weighted by molar-refractivity contribution is 0.00926. The molecule has 0 aromatic heterocycles. The van der Waals surface area contributed by atoms with E-state index in [9.17, 15) is 0 Å². The van der Waals surface area contributed by atoms with Crippen molar-refractivity contribution >= 4 is 17.3 Å². The normalized spacial score (nSPS) is 23.4. The largest absolute Gasteiger partial charge is 0.382 e. The van der Waals surface area contributed by atoms with Gasteiger partial charge in [-0.15, -0.1) is 0 Å². The fourth-order valence-corrected chi connectivity index (χ4v) is 2.39. The maximum absolute atomic E-state index is 8.95. The lowest BCUT2D eigenvalue weighted by atomic mass is 10.0. The molecule has 2 atom stereocenters. The second-order valence-electron chi connectivity index (χ2n) is 4.57. The predicted molar refractivity (Wildman–Crippen MR) is 72.8 cm³/mol. The molecule has 0 aliphatic carbocycles. The van der Waals surface area contributed by atoms with Crippen LogP contribution in [0.3, 0.4) is 0 Å². The summed E-state index contributed by atoms with van der Waals surface area (Å²) in [5.41, 5.74) is 1.47. The Balaban J connectivity index is 2.03. The average molecular weight is 265 g/mol. The van der Waals surface area contributed by atoms with Gasteiger partial charge in [-0.2, -0.15) is 5.26 Å². The van der Waals surface area contributed by atoms with Crippen molar-refractivity contribution in [2.45, 2.75) is 38.3 Å². The van der Waals surface area contributed by atoms with Gasteiger partial charge in [0.2, 0.25) is 0 Å². The standard InChI is InChI=1S/C14H17ClN2O/c1-2-13-8-12(5-6-18-13)17-11-3-4-14(15)10(7-11)9-16/h3-4,7,12-13,17H,2,5-6,8H2,1H3. The predicted octanol–water partition coefficient (Wildman–Crippen LogP) is 3.58. The van der Waals surface area contributed by atoms with Crippen LogP contribution in [0.5, 0.6) is 0 Å². The Bertz CT molecular complexity index is 456. The van der Waals surface area contributed by atoms with E-state index in [2.05, 4.69) is 18.3 Å². The van der Waals surface area contributed by atoms with Crippen LogP contribution in [0, 0.1) is 11.3 Å². The van der Waals surface area contributed by atoms with Crippen LogP contribution in [0.4, 0.5) is 5.69 Å². The van der Waals surface area contributed by atoms with E-state index in [1.54, 1.807) is 12.1 Å². The highest BCUT2D eigenvalue weighted by atomic mass is 35.5. The van der Waals surface area contributed by atoms with Crippen LogP contribution >= 0.6 is 11.6 Å². The molecule has 4 heteroatoms. The number of ether oxygens (including phenoxy) is 1. The SMILES string of the molecule is CCC1CC(Nc2ccc(Cl)c(C#N)c2)CCO1. The zero-order valence-corrected chi connectivity index (χ0v) is 11.2. The molecule has 0 bridgehead atoms. The van der Waals surface area contributed by atoms with Crippen molar-refractivity contribution in [3.63, 3.8) is 0 Å². The van der Waals surface area contributed by atoms with Crippen molar-refractivity contribution in [3.8, 4) is 6.07 Å². The average Bonchev–Trinajstić information content (AvgIpc) is 2.41. The van der Waals surface area contributed by atoms with Gasteiger partial charge < -0.3 is 10.1 Å². The molecule has 2 rings (SSSR count). The van der Waals surface area contributed by atoms with Crippen LogP contribution in [0.25, 0.3) is 0 Å². The Morgan fingerprint density at radius 1 is 1.56 bits per heavy atom. The van der Waals surface area contributed by atoms with E-state index >= 15 is 0 Å². The summed E-state index contributed by atoms with van der Waals surface area (Å²) >= 11 is 5.91. The van der Waals surface area contributed by atoms with Crippen LogP contribution in [-0.4, -0.2) is 18.8 Å². The first-order chi connectivity index (χ1) is 8.72. The van der Waals surface area contributed by atoms with Crippen molar-refractivity contribution < 1.29 is 4.74 Å². The fraction of sp³-hybridized carbons (Fsp3) is 0.500. The van der Waals surface area contributed by atoms with Gasteiger partial charge in [-0.1, -0.05) is 18.5 Å². The fourth-order valence-electron chi connectivity index (χ4n) is 2.23. The third kappa shape index (κ3) is 3.16. The Labute approximate surface area is 113 Å². The van der Waals surface area contributed by atoms with Crippen molar-refractivity contribution in [2.75, 3.05) is 11.9 Å². The van der Waals surface area contributed by atoms with E-state index in [1.807, 2.05) is 6.07 Å². The molecule has 2 unspecified atom stereocenters. The molecular weight excluding hydrogens is 248 g/mol. The van der Waals surface area contributed by atoms with Crippen LogP contribution in [0.15, 0.2) is 18.2 Å². The van der Waals surface area contributed by atoms with E-state index in [0.717, 1.165) is 31.6 Å². The first-order valence-electron chi connectivity index (χ1n) is 6.30. The molecule has 1 N–H and O–H groups in total. The zero-order chi connectivity index (χ0) is 13.0. The number of nitriles is 1. The minimum Gasteiger partial charge on any atom is -0.382 e. The molecular formula is C14H17ClN2O. The van der Waals surface area contributed by atoms with Crippen molar-refractivity contribution in [3.05, 3.63) is 28.8 Å². The minimum absolute atomic E-state index is 0.346. The Kier molecular flexibility index (Phi) is 4.46. The number of benzene rings is 1. The topological polar surface area (TPSA) is 45.0 Å².